The van der Waals surface area contributed by atoms with E-state index in [0.717, 1.165) is 37.4 Å². The average Bonchev–Trinajstić information content (AvgIpc) is 3.04. The number of rotatable bonds is 17. The minimum Gasteiger partial charge on any atom is -0.494 e. The molecule has 0 bridgehead atoms. The third kappa shape index (κ3) is 9.15. The second-order valence-corrected chi connectivity index (χ2v) is 11.9. The van der Waals surface area contributed by atoms with Gasteiger partial charge in [-0.3, -0.25) is 19.1 Å². The lowest BCUT2D eigenvalue weighted by Gasteiger charge is -2.38. The van der Waals surface area contributed by atoms with E-state index in [1.807, 2.05) is 60.4 Å². The van der Waals surface area contributed by atoms with Gasteiger partial charge in [0.2, 0.25) is 5.91 Å². The van der Waals surface area contributed by atoms with Crippen LogP contribution >= 0.6 is 0 Å². The molecule has 1 amide bonds. The number of para-hydroxylation sites is 1. The fourth-order valence-corrected chi connectivity index (χ4v) is 6.16. The topological polar surface area (TPSA) is 67.7 Å². The first-order valence-corrected chi connectivity index (χ1v) is 16.8. The maximum absolute atomic E-state index is 13.8. The zero-order valence-electron chi connectivity index (χ0n) is 26.7. The summed E-state index contributed by atoms with van der Waals surface area (Å²) in [7, 11) is 0. The summed E-state index contributed by atoms with van der Waals surface area (Å²) < 4.78 is 7.36. The summed E-state index contributed by atoms with van der Waals surface area (Å²) in [5, 5.41) is 0.602. The van der Waals surface area contributed by atoms with Gasteiger partial charge in [-0.2, -0.15) is 0 Å². The van der Waals surface area contributed by atoms with Gasteiger partial charge < -0.3 is 9.64 Å². The molecule has 234 valence electrons. The number of benzene rings is 2. The maximum atomic E-state index is 13.8. The molecule has 2 heterocycles. The highest BCUT2D eigenvalue weighted by Crippen LogP contribution is 2.25. The molecule has 0 radical (unpaired) electrons. The van der Waals surface area contributed by atoms with Crippen LogP contribution in [0.5, 0.6) is 5.75 Å². The predicted octanol–water partition coefficient (Wildman–Crippen LogP) is 7.69. The van der Waals surface area contributed by atoms with Gasteiger partial charge in [0.15, 0.2) is 0 Å². The molecule has 0 spiro atoms. The molecule has 0 saturated carbocycles. The van der Waals surface area contributed by atoms with Gasteiger partial charge in [0.25, 0.3) is 5.56 Å². The minimum absolute atomic E-state index is 0.0719. The summed E-state index contributed by atoms with van der Waals surface area (Å²) in [6.45, 7) is 9.87. The molecule has 1 aromatic heterocycles. The van der Waals surface area contributed by atoms with Crippen LogP contribution in [-0.2, 0) is 4.79 Å². The number of fused-ring (bicyclic) bond motifs is 1. The lowest BCUT2D eigenvalue weighted by Crippen LogP contribution is -2.49. The van der Waals surface area contributed by atoms with Crippen LogP contribution in [0.1, 0.15) is 110 Å². The molecule has 7 heteroatoms. The highest BCUT2D eigenvalue weighted by molar-refractivity contribution is 5.78. The molecule has 0 aliphatic carbocycles. The fourth-order valence-electron chi connectivity index (χ4n) is 6.16. The summed E-state index contributed by atoms with van der Waals surface area (Å²) in [4.78, 5) is 36.1. The van der Waals surface area contributed by atoms with Gasteiger partial charge in [-0.05, 0) is 56.7 Å². The largest absolute Gasteiger partial charge is 0.494 e. The summed E-state index contributed by atoms with van der Waals surface area (Å²) in [6, 6.07) is 15.1. The van der Waals surface area contributed by atoms with Crippen LogP contribution in [-0.4, -0.2) is 58.0 Å². The highest BCUT2D eigenvalue weighted by atomic mass is 16.5. The van der Waals surface area contributed by atoms with E-state index in [1.165, 1.54) is 57.8 Å². The van der Waals surface area contributed by atoms with Gasteiger partial charge in [-0.1, -0.05) is 83.3 Å². The van der Waals surface area contributed by atoms with E-state index in [2.05, 4.69) is 18.7 Å². The number of ether oxygens (including phenoxy) is 1. The van der Waals surface area contributed by atoms with Crippen molar-refractivity contribution >= 4 is 16.8 Å². The van der Waals surface area contributed by atoms with E-state index < -0.39 is 0 Å². The number of hydrogen-bond acceptors (Lipinski definition) is 5. The van der Waals surface area contributed by atoms with Crippen molar-refractivity contribution in [3.63, 3.8) is 0 Å². The zero-order chi connectivity index (χ0) is 30.4. The number of carbonyl (C=O) groups excluding carboxylic acids is 1. The van der Waals surface area contributed by atoms with E-state index in [1.54, 1.807) is 4.57 Å². The Labute approximate surface area is 258 Å². The summed E-state index contributed by atoms with van der Waals surface area (Å²) >= 11 is 0. The minimum atomic E-state index is -0.0900. The molecule has 1 unspecified atom stereocenters. The van der Waals surface area contributed by atoms with Gasteiger partial charge in [0.1, 0.15) is 11.6 Å². The zero-order valence-corrected chi connectivity index (χ0v) is 26.7. The van der Waals surface area contributed by atoms with Gasteiger partial charge in [0, 0.05) is 32.6 Å². The Hall–Kier alpha value is -3.19. The molecule has 1 aliphatic heterocycles. The Morgan fingerprint density at radius 3 is 2.05 bits per heavy atom. The first-order valence-electron chi connectivity index (χ1n) is 16.8. The van der Waals surface area contributed by atoms with Crippen LogP contribution in [0.25, 0.3) is 16.6 Å². The molecule has 3 aromatic rings. The molecule has 2 aromatic carbocycles. The van der Waals surface area contributed by atoms with Crippen molar-refractivity contribution in [2.45, 2.75) is 104 Å². The third-order valence-electron chi connectivity index (χ3n) is 8.79. The number of piperazine rings is 1. The number of unbranched alkanes of at least 4 members (excludes halogenated alkanes) is 10. The van der Waals surface area contributed by atoms with E-state index in [4.69, 9.17) is 9.72 Å². The second-order valence-electron chi connectivity index (χ2n) is 11.9. The van der Waals surface area contributed by atoms with Crippen LogP contribution in [0.15, 0.2) is 53.3 Å². The Balaban J connectivity index is 1.30. The normalized spacial score (nSPS) is 14.7. The van der Waals surface area contributed by atoms with E-state index in [-0.39, 0.29) is 17.5 Å². The molecule has 43 heavy (non-hydrogen) atoms. The Bertz CT molecular complexity index is 1330. The fraction of sp³-hybridized carbons (Fsp3) is 0.583. The lowest BCUT2D eigenvalue weighted by molar-refractivity contribution is -0.133. The molecular weight excluding hydrogens is 536 g/mol. The SMILES string of the molecule is CCCCCCCCCCCCCC(=O)N1CCN(C(C)c2nc3ccccc3c(=O)n2-c2ccc(OCC)cc2)CC1. The first-order chi connectivity index (χ1) is 21.0. The smallest absolute Gasteiger partial charge is 0.266 e. The molecule has 1 atom stereocenters. The summed E-state index contributed by atoms with van der Waals surface area (Å²) in [5.74, 6) is 1.77. The molecule has 1 saturated heterocycles. The van der Waals surface area contributed by atoms with E-state index in [0.29, 0.717) is 42.8 Å². The monoisotopic (exact) mass is 588 g/mol. The molecule has 4 rings (SSSR count). The van der Waals surface area contributed by atoms with Crippen molar-refractivity contribution < 1.29 is 9.53 Å². The van der Waals surface area contributed by atoms with Crippen LogP contribution in [0.4, 0.5) is 0 Å². The molecular formula is C36H52N4O3. The Morgan fingerprint density at radius 1 is 0.814 bits per heavy atom. The molecule has 1 fully saturated rings. The quantitative estimate of drug-likeness (QED) is 0.151. The predicted molar refractivity (Wildman–Crippen MR) is 176 cm³/mol. The van der Waals surface area contributed by atoms with Crippen molar-refractivity contribution in [3.05, 3.63) is 64.7 Å². The van der Waals surface area contributed by atoms with E-state index in [9.17, 15) is 9.59 Å². The van der Waals surface area contributed by atoms with Crippen LogP contribution in [0, 0.1) is 0 Å². The van der Waals surface area contributed by atoms with Crippen LogP contribution in [0.3, 0.4) is 0 Å². The lowest BCUT2D eigenvalue weighted by atomic mass is 10.0. The summed E-state index contributed by atoms with van der Waals surface area (Å²) in [6.07, 6.45) is 14.8. The standard InChI is InChI=1S/C36H52N4O3/c1-4-6-7-8-9-10-11-12-13-14-15-20-34(41)39-27-25-38(26-28-39)29(3)35-37-33-19-17-16-18-32(33)36(42)40(35)30-21-23-31(24-22-30)43-5-2/h16-19,21-24,29H,4-15,20,25-28H2,1-3H3. The Morgan fingerprint density at radius 2 is 1.42 bits per heavy atom. The number of nitrogens with zero attached hydrogens (tertiary/aromatic N) is 4. The summed E-state index contributed by atoms with van der Waals surface area (Å²) in [5.41, 5.74) is 1.41. The van der Waals surface area contributed by atoms with Crippen molar-refractivity contribution in [3.8, 4) is 11.4 Å². The molecule has 0 N–H and O–H groups in total. The van der Waals surface area contributed by atoms with Gasteiger partial charge in [-0.15, -0.1) is 0 Å². The third-order valence-corrected chi connectivity index (χ3v) is 8.79. The maximum Gasteiger partial charge on any atom is 0.266 e. The van der Waals surface area contributed by atoms with Gasteiger partial charge >= 0.3 is 0 Å². The van der Waals surface area contributed by atoms with Gasteiger partial charge in [-0.25, -0.2) is 4.98 Å². The Kier molecular flexibility index (Phi) is 13.1. The molecule has 7 nitrogen and oxygen atoms in total. The van der Waals surface area contributed by atoms with Crippen molar-refractivity contribution in [2.75, 3.05) is 32.8 Å². The number of hydrogen-bond donors (Lipinski definition) is 0. The van der Waals surface area contributed by atoms with E-state index >= 15 is 0 Å². The first kappa shape index (κ1) is 32.7. The number of aromatic nitrogens is 2. The van der Waals surface area contributed by atoms with Crippen molar-refractivity contribution in [1.82, 2.24) is 19.4 Å². The van der Waals surface area contributed by atoms with Crippen LogP contribution < -0.4 is 10.3 Å². The number of amides is 1. The molecule has 1 aliphatic rings. The van der Waals surface area contributed by atoms with Crippen molar-refractivity contribution in [2.24, 2.45) is 0 Å². The number of carbonyl (C=O) groups is 1. The van der Waals surface area contributed by atoms with Crippen molar-refractivity contribution in [1.29, 1.82) is 0 Å². The van der Waals surface area contributed by atoms with Crippen LogP contribution in [0.2, 0.25) is 0 Å². The average molecular weight is 589 g/mol. The van der Waals surface area contributed by atoms with Gasteiger partial charge in [0.05, 0.1) is 29.2 Å². The second kappa shape index (κ2) is 17.2. The highest BCUT2D eigenvalue weighted by Gasteiger charge is 2.28.